The fraction of sp³-hybridized carbons (Fsp3) is 0.429. The van der Waals surface area contributed by atoms with Crippen LogP contribution in [0.2, 0.25) is 5.02 Å². The average Bonchev–Trinajstić information content (AvgIpc) is 3.24. The number of rotatable bonds is 6. The number of morpholine rings is 1. The number of nitrogens with one attached hydrogen (secondary N) is 2. The highest BCUT2D eigenvalue weighted by Crippen LogP contribution is 2.25. The molecule has 2 aliphatic rings. The van der Waals surface area contributed by atoms with Gasteiger partial charge in [0.1, 0.15) is 23.2 Å². The van der Waals surface area contributed by atoms with E-state index >= 15 is 0 Å². The lowest BCUT2D eigenvalue weighted by atomic mass is 10.3. The summed E-state index contributed by atoms with van der Waals surface area (Å²) in [5, 5.41) is 6.63. The topological polar surface area (TPSA) is 91.3 Å². The van der Waals surface area contributed by atoms with Crippen molar-refractivity contribution in [3.63, 3.8) is 0 Å². The van der Waals surface area contributed by atoms with Gasteiger partial charge in [-0.3, -0.25) is 9.80 Å². The lowest BCUT2D eigenvalue weighted by Crippen LogP contribution is -2.43. The van der Waals surface area contributed by atoms with Crippen LogP contribution in [0.3, 0.4) is 0 Å². The van der Waals surface area contributed by atoms with Crippen molar-refractivity contribution in [3.8, 4) is 0 Å². The molecule has 0 spiro atoms. The standard InChI is InChI=1S/C21H24ClFN8O/c22-16-9-14(1-2-17(16)23)27-20-19-18(25-12-26-20)10-24-21(29-19)28-15-3-4-31(11-15)13-30-5-7-32-8-6-30/h1-2,9-10,12,15H,3-8,11,13H2,(H,24,28,29)(H,25,26,27). The molecule has 2 aliphatic heterocycles. The van der Waals surface area contributed by atoms with E-state index in [0.29, 0.717) is 28.5 Å². The van der Waals surface area contributed by atoms with Gasteiger partial charge < -0.3 is 15.4 Å². The molecular formula is C21H24ClFN8O. The number of anilines is 3. The van der Waals surface area contributed by atoms with Crippen molar-refractivity contribution in [3.05, 3.63) is 41.6 Å². The van der Waals surface area contributed by atoms with Crippen molar-refractivity contribution in [2.45, 2.75) is 12.5 Å². The summed E-state index contributed by atoms with van der Waals surface area (Å²) in [5.74, 6) is 0.562. The van der Waals surface area contributed by atoms with Crippen LogP contribution in [0, 0.1) is 5.82 Å². The molecule has 5 rings (SSSR count). The van der Waals surface area contributed by atoms with Gasteiger partial charge in [-0.1, -0.05) is 11.6 Å². The number of ether oxygens (including phenoxy) is 1. The predicted octanol–water partition coefficient (Wildman–Crippen LogP) is 2.73. The van der Waals surface area contributed by atoms with Crippen molar-refractivity contribution in [1.29, 1.82) is 0 Å². The summed E-state index contributed by atoms with van der Waals surface area (Å²) in [7, 11) is 0. The summed E-state index contributed by atoms with van der Waals surface area (Å²) < 4.78 is 18.9. The summed E-state index contributed by atoms with van der Waals surface area (Å²) in [6, 6.07) is 4.67. The van der Waals surface area contributed by atoms with Gasteiger partial charge in [0.05, 0.1) is 31.1 Å². The number of halogens is 2. The molecule has 2 N–H and O–H groups in total. The molecule has 4 heterocycles. The van der Waals surface area contributed by atoms with Gasteiger partial charge >= 0.3 is 0 Å². The third kappa shape index (κ3) is 4.88. The Morgan fingerprint density at radius 3 is 2.84 bits per heavy atom. The molecule has 9 nitrogen and oxygen atoms in total. The van der Waals surface area contributed by atoms with Crippen LogP contribution >= 0.6 is 11.6 Å². The second-order valence-electron chi connectivity index (χ2n) is 7.98. The maximum atomic E-state index is 13.5. The van der Waals surface area contributed by atoms with Crippen molar-refractivity contribution >= 4 is 40.1 Å². The first-order valence-corrected chi connectivity index (χ1v) is 11.0. The molecule has 168 valence electrons. The highest BCUT2D eigenvalue weighted by Gasteiger charge is 2.25. The van der Waals surface area contributed by atoms with Crippen LogP contribution in [-0.4, -0.2) is 81.8 Å². The largest absolute Gasteiger partial charge is 0.379 e. The molecule has 1 aromatic carbocycles. The minimum atomic E-state index is -0.474. The molecule has 0 aliphatic carbocycles. The van der Waals surface area contributed by atoms with Gasteiger partial charge in [-0.05, 0) is 24.6 Å². The van der Waals surface area contributed by atoms with Gasteiger partial charge in [0.15, 0.2) is 5.82 Å². The Balaban J connectivity index is 1.28. The molecule has 11 heteroatoms. The van der Waals surface area contributed by atoms with Gasteiger partial charge in [0.2, 0.25) is 5.95 Å². The van der Waals surface area contributed by atoms with E-state index < -0.39 is 5.82 Å². The smallest absolute Gasteiger partial charge is 0.223 e. The third-order valence-corrected chi connectivity index (χ3v) is 5.96. The molecule has 2 saturated heterocycles. The summed E-state index contributed by atoms with van der Waals surface area (Å²) in [5.41, 5.74) is 1.80. The lowest BCUT2D eigenvalue weighted by Gasteiger charge is -2.30. The number of hydrogen-bond donors (Lipinski definition) is 2. The average molecular weight is 459 g/mol. The summed E-state index contributed by atoms with van der Waals surface area (Å²) in [6.07, 6.45) is 4.14. The number of nitrogens with zero attached hydrogens (tertiary/aromatic N) is 6. The van der Waals surface area contributed by atoms with Crippen LogP contribution in [-0.2, 0) is 4.74 Å². The minimum Gasteiger partial charge on any atom is -0.379 e. The maximum Gasteiger partial charge on any atom is 0.223 e. The molecule has 0 saturated carbocycles. The van der Waals surface area contributed by atoms with Crippen molar-refractivity contribution in [2.75, 3.05) is 56.7 Å². The molecule has 32 heavy (non-hydrogen) atoms. The van der Waals surface area contributed by atoms with Crippen molar-refractivity contribution < 1.29 is 9.13 Å². The van der Waals surface area contributed by atoms with Crippen molar-refractivity contribution in [1.82, 2.24) is 29.7 Å². The van der Waals surface area contributed by atoms with E-state index in [2.05, 4.69) is 40.4 Å². The molecule has 0 radical (unpaired) electrons. The molecule has 0 amide bonds. The first-order chi connectivity index (χ1) is 15.6. The van der Waals surface area contributed by atoms with Crippen LogP contribution in [0.5, 0.6) is 0 Å². The van der Waals surface area contributed by atoms with Crippen LogP contribution in [0.1, 0.15) is 6.42 Å². The third-order valence-electron chi connectivity index (χ3n) is 5.67. The normalized spacial score (nSPS) is 20.0. The number of hydrogen-bond acceptors (Lipinski definition) is 9. The number of benzene rings is 1. The Labute approximate surface area is 190 Å². The zero-order chi connectivity index (χ0) is 21.9. The van der Waals surface area contributed by atoms with Crippen molar-refractivity contribution in [2.24, 2.45) is 0 Å². The lowest BCUT2D eigenvalue weighted by molar-refractivity contribution is 0.0142. The molecule has 2 aromatic heterocycles. The number of fused-ring (bicyclic) bond motifs is 1. The Bertz CT molecular complexity index is 1100. The van der Waals surface area contributed by atoms with E-state index in [1.165, 1.54) is 18.5 Å². The highest BCUT2D eigenvalue weighted by molar-refractivity contribution is 6.31. The van der Waals surface area contributed by atoms with Gasteiger partial charge in [0, 0.05) is 37.9 Å². The molecule has 2 fully saturated rings. The molecule has 0 bridgehead atoms. The van der Waals surface area contributed by atoms with E-state index in [1.807, 2.05) is 0 Å². The Morgan fingerprint density at radius 2 is 2.00 bits per heavy atom. The Kier molecular flexibility index (Phi) is 6.26. The first-order valence-electron chi connectivity index (χ1n) is 10.6. The quantitative estimate of drug-likeness (QED) is 0.578. The van der Waals surface area contributed by atoms with Crippen LogP contribution in [0.25, 0.3) is 11.0 Å². The van der Waals surface area contributed by atoms with Crippen LogP contribution in [0.4, 0.5) is 21.8 Å². The monoisotopic (exact) mass is 458 g/mol. The van der Waals surface area contributed by atoms with Gasteiger partial charge in [-0.25, -0.2) is 24.3 Å². The second kappa shape index (κ2) is 9.45. The fourth-order valence-electron chi connectivity index (χ4n) is 4.01. The molecular weight excluding hydrogens is 435 g/mol. The van der Waals surface area contributed by atoms with E-state index in [1.54, 1.807) is 12.3 Å². The summed E-state index contributed by atoms with van der Waals surface area (Å²) in [6.45, 7) is 6.51. The van der Waals surface area contributed by atoms with E-state index in [4.69, 9.17) is 16.3 Å². The van der Waals surface area contributed by atoms with Gasteiger partial charge in [-0.15, -0.1) is 0 Å². The summed E-state index contributed by atoms with van der Waals surface area (Å²) in [4.78, 5) is 22.5. The van der Waals surface area contributed by atoms with Crippen LogP contribution < -0.4 is 10.6 Å². The Hall–Kier alpha value is -2.66. The maximum absolute atomic E-state index is 13.5. The van der Waals surface area contributed by atoms with E-state index in [-0.39, 0.29) is 11.1 Å². The van der Waals surface area contributed by atoms with Gasteiger partial charge in [0.25, 0.3) is 0 Å². The molecule has 1 unspecified atom stereocenters. The highest BCUT2D eigenvalue weighted by atomic mass is 35.5. The molecule has 3 aromatic rings. The number of likely N-dealkylation sites (tertiary alicyclic amines) is 1. The molecule has 1 atom stereocenters. The van der Waals surface area contributed by atoms with E-state index in [0.717, 1.165) is 52.5 Å². The first kappa shape index (κ1) is 21.2. The predicted molar refractivity (Wildman–Crippen MR) is 121 cm³/mol. The minimum absolute atomic E-state index is 0.0354. The Morgan fingerprint density at radius 1 is 1.12 bits per heavy atom. The van der Waals surface area contributed by atoms with E-state index in [9.17, 15) is 4.39 Å². The zero-order valence-corrected chi connectivity index (χ0v) is 18.2. The number of aromatic nitrogens is 4. The zero-order valence-electron chi connectivity index (χ0n) is 17.5. The fourth-order valence-corrected chi connectivity index (χ4v) is 4.19. The summed E-state index contributed by atoms with van der Waals surface area (Å²) >= 11 is 5.90. The SMILES string of the molecule is Fc1ccc(Nc2ncnc3cnc(NC4CCN(CN5CCOCC5)C4)nc23)cc1Cl. The van der Waals surface area contributed by atoms with Crippen LogP contribution in [0.15, 0.2) is 30.7 Å². The second-order valence-corrected chi connectivity index (χ2v) is 8.39. The van der Waals surface area contributed by atoms with Gasteiger partial charge in [-0.2, -0.15) is 0 Å².